The van der Waals surface area contributed by atoms with Crippen LogP contribution in [0.1, 0.15) is 26.0 Å². The quantitative estimate of drug-likeness (QED) is 0.830. The molecule has 1 N–H and O–H groups in total. The predicted molar refractivity (Wildman–Crippen MR) is 77.2 cm³/mol. The highest BCUT2D eigenvalue weighted by Crippen LogP contribution is 2.33. The van der Waals surface area contributed by atoms with Gasteiger partial charge in [0, 0.05) is 26.2 Å². The fraction of sp³-hybridized carbons (Fsp3) is 0.600. The van der Waals surface area contributed by atoms with E-state index in [-0.39, 0.29) is 5.97 Å². The number of nitrogens with zero attached hydrogens (tertiary/aromatic N) is 2. The molecule has 0 aliphatic carbocycles. The highest BCUT2D eigenvalue weighted by molar-refractivity contribution is 5.82. The summed E-state index contributed by atoms with van der Waals surface area (Å²) in [5.74, 6) is -0.721. The molecule has 1 aromatic heterocycles. The number of piperazine rings is 1. The van der Waals surface area contributed by atoms with Gasteiger partial charge >= 0.3 is 5.97 Å². The van der Waals surface area contributed by atoms with Gasteiger partial charge in [-0.3, -0.25) is 9.88 Å². The SMILES string of the molecule is CCOC(=O)C(CC)(c1ccc(F)cn1)N1CCNCC1. The molecule has 1 aromatic rings. The molecule has 0 amide bonds. The number of aromatic nitrogens is 1. The van der Waals surface area contributed by atoms with Crippen molar-refractivity contribution in [2.75, 3.05) is 32.8 Å². The molecule has 0 bridgehead atoms. The van der Waals surface area contributed by atoms with Crippen LogP contribution in [0.4, 0.5) is 4.39 Å². The lowest BCUT2D eigenvalue weighted by Crippen LogP contribution is -2.58. The fourth-order valence-corrected chi connectivity index (χ4v) is 2.86. The van der Waals surface area contributed by atoms with Gasteiger partial charge in [-0.25, -0.2) is 9.18 Å². The van der Waals surface area contributed by atoms with E-state index in [1.165, 1.54) is 6.07 Å². The zero-order valence-corrected chi connectivity index (χ0v) is 12.6. The average molecular weight is 295 g/mol. The third kappa shape index (κ3) is 3.06. The van der Waals surface area contributed by atoms with Crippen molar-refractivity contribution in [1.29, 1.82) is 0 Å². The molecule has 0 radical (unpaired) electrons. The predicted octanol–water partition coefficient (Wildman–Crippen LogP) is 1.29. The first kappa shape index (κ1) is 15.9. The molecule has 6 heteroatoms. The van der Waals surface area contributed by atoms with Gasteiger partial charge in [0.05, 0.1) is 18.5 Å². The highest BCUT2D eigenvalue weighted by Gasteiger charge is 2.47. The second-order valence-electron chi connectivity index (χ2n) is 5.03. The zero-order valence-electron chi connectivity index (χ0n) is 12.6. The summed E-state index contributed by atoms with van der Waals surface area (Å²) in [5.41, 5.74) is -0.391. The largest absolute Gasteiger partial charge is 0.464 e. The van der Waals surface area contributed by atoms with Crippen molar-refractivity contribution in [3.63, 3.8) is 0 Å². The highest BCUT2D eigenvalue weighted by atomic mass is 19.1. The van der Waals surface area contributed by atoms with Gasteiger partial charge in [-0.2, -0.15) is 0 Å². The summed E-state index contributed by atoms with van der Waals surface area (Å²) in [4.78, 5) is 18.9. The fourth-order valence-electron chi connectivity index (χ4n) is 2.86. The Kier molecular flexibility index (Phi) is 5.25. The third-order valence-corrected chi connectivity index (χ3v) is 3.93. The Labute approximate surface area is 124 Å². The summed E-state index contributed by atoms with van der Waals surface area (Å²) in [5, 5.41) is 3.27. The van der Waals surface area contributed by atoms with Crippen molar-refractivity contribution in [1.82, 2.24) is 15.2 Å². The second-order valence-corrected chi connectivity index (χ2v) is 5.03. The molecular formula is C15H22FN3O2. The molecule has 5 nitrogen and oxygen atoms in total. The van der Waals surface area contributed by atoms with Crippen LogP contribution in [0.2, 0.25) is 0 Å². The number of hydrogen-bond donors (Lipinski definition) is 1. The Morgan fingerprint density at radius 2 is 2.14 bits per heavy atom. The summed E-state index contributed by atoms with van der Waals surface area (Å²) in [6.07, 6.45) is 1.69. The molecule has 21 heavy (non-hydrogen) atoms. The van der Waals surface area contributed by atoms with Gasteiger partial charge < -0.3 is 10.1 Å². The molecular weight excluding hydrogens is 273 g/mol. The Morgan fingerprint density at radius 3 is 2.67 bits per heavy atom. The van der Waals surface area contributed by atoms with E-state index >= 15 is 0 Å². The topological polar surface area (TPSA) is 54.5 Å². The number of esters is 1. The Balaban J connectivity index is 2.44. The minimum Gasteiger partial charge on any atom is -0.464 e. The van der Waals surface area contributed by atoms with E-state index in [4.69, 9.17) is 4.74 Å². The van der Waals surface area contributed by atoms with Crippen molar-refractivity contribution in [3.8, 4) is 0 Å². The number of hydrogen-bond acceptors (Lipinski definition) is 5. The Hall–Kier alpha value is -1.53. The molecule has 0 spiro atoms. The third-order valence-electron chi connectivity index (χ3n) is 3.93. The first-order valence-corrected chi connectivity index (χ1v) is 7.40. The van der Waals surface area contributed by atoms with Crippen LogP contribution in [-0.2, 0) is 15.1 Å². The summed E-state index contributed by atoms with van der Waals surface area (Å²) in [7, 11) is 0. The van der Waals surface area contributed by atoms with Gasteiger partial charge in [0.1, 0.15) is 5.82 Å². The van der Waals surface area contributed by atoms with Gasteiger partial charge in [-0.1, -0.05) is 6.92 Å². The van der Waals surface area contributed by atoms with E-state index in [0.29, 0.717) is 18.7 Å². The van der Waals surface area contributed by atoms with Crippen LogP contribution in [0.5, 0.6) is 0 Å². The van der Waals surface area contributed by atoms with Crippen molar-refractivity contribution >= 4 is 5.97 Å². The van der Waals surface area contributed by atoms with Crippen molar-refractivity contribution in [2.24, 2.45) is 0 Å². The number of halogens is 1. The van der Waals surface area contributed by atoms with Crippen molar-refractivity contribution in [3.05, 3.63) is 29.8 Å². The molecule has 1 aliphatic heterocycles. The summed E-state index contributed by atoms with van der Waals surface area (Å²) in [6.45, 7) is 7.11. The first-order chi connectivity index (χ1) is 10.1. The van der Waals surface area contributed by atoms with Crippen LogP contribution in [0.25, 0.3) is 0 Å². The molecule has 1 saturated heterocycles. The van der Waals surface area contributed by atoms with Crippen LogP contribution < -0.4 is 5.32 Å². The Morgan fingerprint density at radius 1 is 1.43 bits per heavy atom. The van der Waals surface area contributed by atoms with Gasteiger partial charge in [0.2, 0.25) is 0 Å². The number of carbonyl (C=O) groups is 1. The number of pyridine rings is 1. The lowest BCUT2D eigenvalue weighted by Gasteiger charge is -2.42. The van der Waals surface area contributed by atoms with Gasteiger partial charge in [0.25, 0.3) is 0 Å². The van der Waals surface area contributed by atoms with E-state index in [2.05, 4.69) is 15.2 Å². The molecule has 2 rings (SSSR count). The molecule has 0 aromatic carbocycles. The van der Waals surface area contributed by atoms with Crippen LogP contribution in [0.15, 0.2) is 18.3 Å². The van der Waals surface area contributed by atoms with Gasteiger partial charge in [0.15, 0.2) is 5.54 Å². The molecule has 2 heterocycles. The standard InChI is InChI=1S/C15H22FN3O2/c1-3-15(14(20)21-4-2,19-9-7-17-8-10-19)13-6-5-12(16)11-18-13/h5-6,11,17H,3-4,7-10H2,1-2H3. The second kappa shape index (κ2) is 6.95. The maximum atomic E-state index is 13.2. The Bertz CT molecular complexity index is 474. The zero-order chi connectivity index (χ0) is 15.3. The number of carbonyl (C=O) groups excluding carboxylic acids is 1. The minimum absolute atomic E-state index is 0.312. The number of ether oxygens (including phenoxy) is 1. The molecule has 116 valence electrons. The van der Waals surface area contributed by atoms with Crippen LogP contribution in [0.3, 0.4) is 0 Å². The van der Waals surface area contributed by atoms with Crippen molar-refractivity contribution < 1.29 is 13.9 Å². The smallest absolute Gasteiger partial charge is 0.332 e. The van der Waals surface area contributed by atoms with E-state index in [1.807, 2.05) is 6.92 Å². The monoisotopic (exact) mass is 295 g/mol. The average Bonchev–Trinajstić information content (AvgIpc) is 2.52. The molecule has 1 unspecified atom stereocenters. The minimum atomic E-state index is -0.939. The lowest BCUT2D eigenvalue weighted by atomic mass is 9.88. The molecule has 1 fully saturated rings. The van der Waals surface area contributed by atoms with E-state index in [0.717, 1.165) is 32.4 Å². The maximum Gasteiger partial charge on any atom is 0.332 e. The summed E-state index contributed by atoms with van der Waals surface area (Å²) < 4.78 is 18.5. The van der Waals surface area contributed by atoms with Crippen molar-refractivity contribution in [2.45, 2.75) is 25.8 Å². The summed E-state index contributed by atoms with van der Waals surface area (Å²) >= 11 is 0. The number of rotatable bonds is 5. The normalized spacial score (nSPS) is 19.0. The molecule has 1 atom stereocenters. The van der Waals surface area contributed by atoms with E-state index < -0.39 is 11.4 Å². The van der Waals surface area contributed by atoms with E-state index in [9.17, 15) is 9.18 Å². The first-order valence-electron chi connectivity index (χ1n) is 7.40. The number of nitrogens with one attached hydrogen (secondary N) is 1. The summed E-state index contributed by atoms with van der Waals surface area (Å²) in [6, 6.07) is 2.92. The van der Waals surface area contributed by atoms with Crippen LogP contribution >= 0.6 is 0 Å². The van der Waals surface area contributed by atoms with Crippen LogP contribution in [-0.4, -0.2) is 48.6 Å². The lowest BCUT2D eigenvalue weighted by molar-refractivity contribution is -0.160. The van der Waals surface area contributed by atoms with Gasteiger partial charge in [-0.15, -0.1) is 0 Å². The maximum absolute atomic E-state index is 13.2. The van der Waals surface area contributed by atoms with Crippen LogP contribution in [0, 0.1) is 5.82 Å². The van der Waals surface area contributed by atoms with Gasteiger partial charge in [-0.05, 0) is 25.5 Å². The van der Waals surface area contributed by atoms with E-state index in [1.54, 1.807) is 13.0 Å². The molecule has 1 aliphatic rings. The molecule has 0 saturated carbocycles.